The Labute approximate surface area is 109 Å². The average molecular weight is 256 g/mol. The van der Waals surface area contributed by atoms with Crippen LogP contribution >= 0.6 is 11.6 Å². The zero-order valence-corrected chi connectivity index (χ0v) is 11.9. The van der Waals surface area contributed by atoms with E-state index in [2.05, 4.69) is 19.2 Å². The predicted octanol–water partition coefficient (Wildman–Crippen LogP) is 3.72. The van der Waals surface area contributed by atoms with Gasteiger partial charge in [0.15, 0.2) is 0 Å². The Hall–Kier alpha value is -0.730. The molecule has 0 atom stereocenters. The first-order valence-electron chi connectivity index (χ1n) is 6.13. The van der Waals surface area contributed by atoms with Crippen LogP contribution in [-0.4, -0.2) is 19.2 Å². The molecular weight excluding hydrogens is 234 g/mol. The number of aryl methyl sites for hydroxylation is 2. The molecule has 1 aromatic carbocycles. The molecule has 0 bridgehead atoms. The van der Waals surface area contributed by atoms with Gasteiger partial charge in [0, 0.05) is 11.1 Å². The summed E-state index contributed by atoms with van der Waals surface area (Å²) in [5.41, 5.74) is 2.14. The van der Waals surface area contributed by atoms with Crippen LogP contribution in [0.15, 0.2) is 12.1 Å². The molecule has 0 spiro atoms. The van der Waals surface area contributed by atoms with E-state index < -0.39 is 0 Å². The summed E-state index contributed by atoms with van der Waals surface area (Å²) in [5, 5.41) is 4.19. The minimum absolute atomic E-state index is 0.537. The van der Waals surface area contributed by atoms with Crippen molar-refractivity contribution in [2.24, 2.45) is 0 Å². The Kier molecular flexibility index (Phi) is 5.79. The molecule has 0 aliphatic rings. The second-order valence-corrected chi connectivity index (χ2v) is 5.06. The molecule has 0 amide bonds. The van der Waals surface area contributed by atoms with E-state index in [1.54, 1.807) is 0 Å². The van der Waals surface area contributed by atoms with Gasteiger partial charge in [-0.25, -0.2) is 0 Å². The lowest BCUT2D eigenvalue weighted by atomic mass is 10.1. The molecule has 3 heteroatoms. The molecule has 0 saturated carbocycles. The van der Waals surface area contributed by atoms with Crippen molar-refractivity contribution in [1.29, 1.82) is 0 Å². The van der Waals surface area contributed by atoms with Gasteiger partial charge in [-0.15, -0.1) is 0 Å². The number of hydrogen-bond acceptors (Lipinski definition) is 2. The van der Waals surface area contributed by atoms with Crippen LogP contribution in [0.1, 0.15) is 31.4 Å². The van der Waals surface area contributed by atoms with E-state index in [9.17, 15) is 0 Å². The van der Waals surface area contributed by atoms with E-state index in [0.717, 1.165) is 41.5 Å². The van der Waals surface area contributed by atoms with Crippen molar-refractivity contribution in [2.45, 2.75) is 40.2 Å². The van der Waals surface area contributed by atoms with Crippen molar-refractivity contribution in [2.75, 3.05) is 13.2 Å². The topological polar surface area (TPSA) is 21.3 Å². The van der Waals surface area contributed by atoms with Gasteiger partial charge >= 0.3 is 0 Å². The zero-order valence-electron chi connectivity index (χ0n) is 11.1. The van der Waals surface area contributed by atoms with E-state index in [0.29, 0.717) is 6.04 Å². The van der Waals surface area contributed by atoms with Crippen LogP contribution in [0.4, 0.5) is 0 Å². The van der Waals surface area contributed by atoms with Crippen molar-refractivity contribution in [1.82, 2.24) is 5.32 Å². The van der Waals surface area contributed by atoms with E-state index in [-0.39, 0.29) is 0 Å². The fourth-order valence-electron chi connectivity index (χ4n) is 1.64. The predicted molar refractivity (Wildman–Crippen MR) is 74.2 cm³/mol. The Balaban J connectivity index is 2.37. The summed E-state index contributed by atoms with van der Waals surface area (Å²) < 4.78 is 5.71. The molecule has 0 fully saturated rings. The number of hydrogen-bond donors (Lipinski definition) is 1. The van der Waals surface area contributed by atoms with Crippen LogP contribution in [-0.2, 0) is 0 Å². The van der Waals surface area contributed by atoms with E-state index in [1.165, 1.54) is 0 Å². The highest BCUT2D eigenvalue weighted by atomic mass is 35.5. The first kappa shape index (κ1) is 14.3. The van der Waals surface area contributed by atoms with E-state index >= 15 is 0 Å². The highest BCUT2D eigenvalue weighted by molar-refractivity contribution is 6.32. The molecule has 2 nitrogen and oxygen atoms in total. The number of ether oxygens (including phenoxy) is 1. The minimum Gasteiger partial charge on any atom is -0.494 e. The molecule has 1 N–H and O–H groups in total. The van der Waals surface area contributed by atoms with Gasteiger partial charge in [0.2, 0.25) is 0 Å². The zero-order chi connectivity index (χ0) is 12.8. The van der Waals surface area contributed by atoms with Crippen molar-refractivity contribution in [3.8, 4) is 5.75 Å². The third kappa shape index (κ3) is 4.97. The number of nitrogens with one attached hydrogen (secondary N) is 1. The van der Waals surface area contributed by atoms with Gasteiger partial charge < -0.3 is 10.1 Å². The summed E-state index contributed by atoms with van der Waals surface area (Å²) in [7, 11) is 0. The molecule has 1 aromatic rings. The summed E-state index contributed by atoms with van der Waals surface area (Å²) in [6.07, 6.45) is 1.01. The summed E-state index contributed by atoms with van der Waals surface area (Å²) in [4.78, 5) is 0. The van der Waals surface area contributed by atoms with E-state index in [1.807, 2.05) is 26.0 Å². The normalized spacial score (nSPS) is 10.9. The maximum absolute atomic E-state index is 6.10. The molecule has 96 valence electrons. The molecule has 0 aliphatic carbocycles. The van der Waals surface area contributed by atoms with Crippen LogP contribution in [0.2, 0.25) is 5.02 Å². The Morgan fingerprint density at radius 3 is 2.35 bits per heavy atom. The molecule has 0 unspecified atom stereocenters. The maximum atomic E-state index is 6.10. The molecule has 0 aromatic heterocycles. The molecule has 0 heterocycles. The summed E-state index contributed by atoms with van der Waals surface area (Å²) in [5.74, 6) is 0.911. The SMILES string of the molecule is Cc1cc(OCCCNC(C)C)cc(C)c1Cl. The van der Waals surface area contributed by atoms with Crippen LogP contribution in [0, 0.1) is 13.8 Å². The van der Waals surface area contributed by atoms with Crippen LogP contribution in [0.3, 0.4) is 0 Å². The lowest BCUT2D eigenvalue weighted by Crippen LogP contribution is -2.24. The van der Waals surface area contributed by atoms with Crippen molar-refractivity contribution in [3.05, 3.63) is 28.3 Å². The lowest BCUT2D eigenvalue weighted by Gasteiger charge is -2.11. The van der Waals surface area contributed by atoms with Crippen LogP contribution < -0.4 is 10.1 Å². The lowest BCUT2D eigenvalue weighted by molar-refractivity contribution is 0.306. The summed E-state index contributed by atoms with van der Waals surface area (Å²) >= 11 is 6.10. The monoisotopic (exact) mass is 255 g/mol. The quantitative estimate of drug-likeness (QED) is 0.783. The van der Waals surface area contributed by atoms with Crippen LogP contribution in [0.5, 0.6) is 5.75 Å². The van der Waals surface area contributed by atoms with Gasteiger partial charge in [0.25, 0.3) is 0 Å². The van der Waals surface area contributed by atoms with Gasteiger partial charge in [-0.2, -0.15) is 0 Å². The second-order valence-electron chi connectivity index (χ2n) is 4.68. The Morgan fingerprint density at radius 1 is 1.24 bits per heavy atom. The Bertz CT molecular complexity index is 340. The smallest absolute Gasteiger partial charge is 0.119 e. The number of halogens is 1. The molecule has 0 saturated heterocycles. The largest absolute Gasteiger partial charge is 0.494 e. The van der Waals surface area contributed by atoms with Gasteiger partial charge in [0.05, 0.1) is 6.61 Å². The standard InChI is InChI=1S/C14H22ClNO/c1-10(2)16-6-5-7-17-13-8-11(3)14(15)12(4)9-13/h8-10,16H,5-7H2,1-4H3. The fraction of sp³-hybridized carbons (Fsp3) is 0.571. The van der Waals surface area contributed by atoms with Crippen LogP contribution in [0.25, 0.3) is 0 Å². The molecule has 17 heavy (non-hydrogen) atoms. The van der Waals surface area contributed by atoms with Crippen molar-refractivity contribution >= 4 is 11.6 Å². The van der Waals surface area contributed by atoms with Crippen molar-refractivity contribution in [3.63, 3.8) is 0 Å². The minimum atomic E-state index is 0.537. The van der Waals surface area contributed by atoms with Gasteiger partial charge in [-0.3, -0.25) is 0 Å². The van der Waals surface area contributed by atoms with Gasteiger partial charge in [-0.1, -0.05) is 25.4 Å². The molecule has 0 aliphatic heterocycles. The molecule has 1 rings (SSSR count). The van der Waals surface area contributed by atoms with Crippen molar-refractivity contribution < 1.29 is 4.74 Å². The first-order valence-corrected chi connectivity index (χ1v) is 6.51. The fourth-order valence-corrected chi connectivity index (χ4v) is 1.75. The first-order chi connectivity index (χ1) is 8.00. The third-order valence-electron chi connectivity index (χ3n) is 2.55. The van der Waals surface area contributed by atoms with E-state index in [4.69, 9.17) is 16.3 Å². The summed E-state index contributed by atoms with van der Waals surface area (Å²) in [6, 6.07) is 4.52. The van der Waals surface area contributed by atoms with Gasteiger partial charge in [0.1, 0.15) is 5.75 Å². The maximum Gasteiger partial charge on any atom is 0.119 e. The number of rotatable bonds is 6. The average Bonchev–Trinajstić information content (AvgIpc) is 2.25. The molecular formula is C14H22ClNO. The Morgan fingerprint density at radius 2 is 1.82 bits per heavy atom. The second kappa shape index (κ2) is 6.87. The van der Waals surface area contributed by atoms with Gasteiger partial charge in [-0.05, 0) is 50.1 Å². The third-order valence-corrected chi connectivity index (χ3v) is 3.15. The highest BCUT2D eigenvalue weighted by Gasteiger charge is 2.03. The summed E-state index contributed by atoms with van der Waals surface area (Å²) in [6.45, 7) is 10.0. The molecule has 0 radical (unpaired) electrons. The number of benzene rings is 1. The highest BCUT2D eigenvalue weighted by Crippen LogP contribution is 2.25.